The lowest BCUT2D eigenvalue weighted by molar-refractivity contribution is 0.0697. The molecule has 0 bridgehead atoms. The third-order valence-corrected chi connectivity index (χ3v) is 5.93. The summed E-state index contributed by atoms with van der Waals surface area (Å²) in [6.45, 7) is 0. The third kappa shape index (κ3) is 2.10. The minimum Gasteiger partial charge on any atom is -0.478 e. The molecule has 8 heteroatoms. The zero-order valence-corrected chi connectivity index (χ0v) is 12.0. The first kappa shape index (κ1) is 13.2. The summed E-state index contributed by atoms with van der Waals surface area (Å²) in [7, 11) is -3.75. The number of aromatic carboxylic acids is 1. The highest BCUT2D eigenvalue weighted by Gasteiger charge is 2.28. The topological polar surface area (TPSA) is 99.3 Å². The van der Waals surface area contributed by atoms with Crippen LogP contribution in [0.25, 0.3) is 0 Å². The molecule has 0 unspecified atom stereocenters. The largest absolute Gasteiger partial charge is 0.478 e. The van der Waals surface area contributed by atoms with E-state index in [1.165, 1.54) is 29.8 Å². The molecule has 0 aliphatic heterocycles. The zero-order chi connectivity index (χ0) is 14.3. The van der Waals surface area contributed by atoms with Crippen LogP contribution in [0.4, 0.5) is 5.00 Å². The second-order valence-electron chi connectivity index (χ2n) is 4.52. The lowest BCUT2D eigenvalue weighted by Gasteiger charge is -2.06. The first-order chi connectivity index (χ1) is 9.49. The van der Waals surface area contributed by atoms with E-state index in [1.807, 2.05) is 0 Å². The number of carboxylic acids is 1. The molecule has 0 aromatic carbocycles. The molecule has 106 valence electrons. The van der Waals surface area contributed by atoms with Gasteiger partial charge in [0.25, 0.3) is 10.0 Å². The Bertz CT molecular complexity index is 760. The van der Waals surface area contributed by atoms with E-state index in [1.54, 1.807) is 0 Å². The SMILES string of the molecule is O=C(O)c1c(NS(=O)(=O)c2cc[nH]c2)sc2c1CCC2. The smallest absolute Gasteiger partial charge is 0.339 e. The highest BCUT2D eigenvalue weighted by atomic mass is 32.2. The standard InChI is InChI=1S/C12H12N2O4S2/c15-12(16)10-8-2-1-3-9(8)19-11(10)14-20(17,18)7-4-5-13-6-7/h4-6,13-14H,1-3H2,(H,15,16). The molecule has 2 heterocycles. The molecule has 3 N–H and O–H groups in total. The zero-order valence-electron chi connectivity index (χ0n) is 10.3. The van der Waals surface area contributed by atoms with Gasteiger partial charge in [-0.1, -0.05) is 0 Å². The van der Waals surface area contributed by atoms with Crippen molar-refractivity contribution < 1.29 is 18.3 Å². The van der Waals surface area contributed by atoms with Crippen molar-refractivity contribution in [3.05, 3.63) is 34.5 Å². The monoisotopic (exact) mass is 312 g/mol. The summed E-state index contributed by atoms with van der Waals surface area (Å²) in [5.74, 6) is -1.09. The van der Waals surface area contributed by atoms with E-state index in [2.05, 4.69) is 9.71 Å². The van der Waals surface area contributed by atoms with E-state index in [0.29, 0.717) is 6.42 Å². The molecule has 1 aliphatic carbocycles. The number of nitrogens with one attached hydrogen (secondary N) is 2. The van der Waals surface area contributed by atoms with Gasteiger partial charge in [-0.15, -0.1) is 11.3 Å². The van der Waals surface area contributed by atoms with Gasteiger partial charge in [0.2, 0.25) is 0 Å². The maximum atomic E-state index is 12.1. The van der Waals surface area contributed by atoms with Crippen molar-refractivity contribution in [2.75, 3.05) is 4.72 Å². The second-order valence-corrected chi connectivity index (χ2v) is 7.31. The predicted octanol–water partition coefficient (Wildman–Crippen LogP) is 2.06. The molecule has 0 fully saturated rings. The van der Waals surface area contributed by atoms with Crippen LogP contribution in [0, 0.1) is 0 Å². The fourth-order valence-corrected chi connectivity index (χ4v) is 4.92. The van der Waals surface area contributed by atoms with E-state index in [-0.39, 0.29) is 15.5 Å². The van der Waals surface area contributed by atoms with Crippen LogP contribution in [-0.2, 0) is 22.9 Å². The van der Waals surface area contributed by atoms with Gasteiger partial charge in [-0.2, -0.15) is 0 Å². The molecule has 1 aliphatic rings. The molecule has 2 aromatic rings. The van der Waals surface area contributed by atoms with Crippen molar-refractivity contribution in [3.63, 3.8) is 0 Å². The summed E-state index contributed by atoms with van der Waals surface area (Å²) in [5, 5.41) is 9.51. The Balaban J connectivity index is 2.02. The first-order valence-electron chi connectivity index (χ1n) is 6.02. The van der Waals surface area contributed by atoms with Crippen molar-refractivity contribution >= 4 is 32.3 Å². The fraction of sp³-hybridized carbons (Fsp3) is 0.250. The first-order valence-corrected chi connectivity index (χ1v) is 8.32. The van der Waals surface area contributed by atoms with Crippen LogP contribution >= 0.6 is 11.3 Å². The molecule has 0 saturated carbocycles. The average Bonchev–Trinajstić information content (AvgIpc) is 3.02. The maximum absolute atomic E-state index is 12.1. The molecule has 0 spiro atoms. The predicted molar refractivity (Wildman–Crippen MR) is 74.9 cm³/mol. The number of aromatic amines is 1. The van der Waals surface area contributed by atoms with Gasteiger partial charge < -0.3 is 10.1 Å². The van der Waals surface area contributed by atoms with Gasteiger partial charge in [-0.3, -0.25) is 4.72 Å². The van der Waals surface area contributed by atoms with E-state index in [9.17, 15) is 18.3 Å². The number of hydrogen-bond donors (Lipinski definition) is 3. The Labute approximate surface area is 119 Å². The summed E-state index contributed by atoms with van der Waals surface area (Å²) >= 11 is 1.22. The average molecular weight is 312 g/mol. The summed E-state index contributed by atoms with van der Waals surface area (Å²) in [5.41, 5.74) is 0.871. The van der Waals surface area contributed by atoms with Crippen LogP contribution in [0.1, 0.15) is 27.2 Å². The molecule has 0 saturated heterocycles. The Morgan fingerprint density at radius 1 is 1.40 bits per heavy atom. The van der Waals surface area contributed by atoms with Crippen LogP contribution in [0.2, 0.25) is 0 Å². The van der Waals surface area contributed by atoms with Gasteiger partial charge >= 0.3 is 5.97 Å². The number of anilines is 1. The fourth-order valence-electron chi connectivity index (χ4n) is 2.36. The van der Waals surface area contributed by atoms with Crippen LogP contribution < -0.4 is 4.72 Å². The maximum Gasteiger partial charge on any atom is 0.339 e. The van der Waals surface area contributed by atoms with Crippen molar-refractivity contribution in [1.82, 2.24) is 4.98 Å². The number of sulfonamides is 1. The van der Waals surface area contributed by atoms with E-state index < -0.39 is 16.0 Å². The number of fused-ring (bicyclic) bond motifs is 1. The minimum atomic E-state index is -3.75. The van der Waals surface area contributed by atoms with Gasteiger partial charge in [-0.05, 0) is 30.9 Å². The molecule has 2 aromatic heterocycles. The molecular weight excluding hydrogens is 300 g/mol. The van der Waals surface area contributed by atoms with Crippen LogP contribution in [-0.4, -0.2) is 24.5 Å². The molecule has 0 radical (unpaired) electrons. The Morgan fingerprint density at radius 3 is 2.85 bits per heavy atom. The molecule has 0 atom stereocenters. The molecule has 20 heavy (non-hydrogen) atoms. The molecule has 6 nitrogen and oxygen atoms in total. The van der Waals surface area contributed by atoms with Crippen LogP contribution in [0.5, 0.6) is 0 Å². The highest BCUT2D eigenvalue weighted by molar-refractivity contribution is 7.93. The lowest BCUT2D eigenvalue weighted by Crippen LogP contribution is -2.14. The van der Waals surface area contributed by atoms with Crippen LogP contribution in [0.15, 0.2) is 23.4 Å². The van der Waals surface area contributed by atoms with Crippen molar-refractivity contribution in [2.24, 2.45) is 0 Å². The van der Waals surface area contributed by atoms with Crippen molar-refractivity contribution in [1.29, 1.82) is 0 Å². The highest BCUT2D eigenvalue weighted by Crippen LogP contribution is 2.39. The summed E-state index contributed by atoms with van der Waals surface area (Å²) in [4.78, 5) is 15.1. The van der Waals surface area contributed by atoms with Gasteiger partial charge in [0.05, 0.1) is 5.56 Å². The summed E-state index contributed by atoms with van der Waals surface area (Å²) in [6, 6.07) is 1.42. The number of carboxylic acid groups (broad SMARTS) is 1. The van der Waals surface area contributed by atoms with Crippen molar-refractivity contribution in [3.8, 4) is 0 Å². The third-order valence-electron chi connectivity index (χ3n) is 3.24. The van der Waals surface area contributed by atoms with Gasteiger partial charge in [0.1, 0.15) is 9.90 Å². The van der Waals surface area contributed by atoms with Crippen LogP contribution in [0.3, 0.4) is 0 Å². The van der Waals surface area contributed by atoms with E-state index in [4.69, 9.17) is 0 Å². The number of aromatic nitrogens is 1. The van der Waals surface area contributed by atoms with Gasteiger partial charge in [0, 0.05) is 17.3 Å². The number of aryl methyl sites for hydroxylation is 1. The number of thiophene rings is 1. The van der Waals surface area contributed by atoms with Gasteiger partial charge in [-0.25, -0.2) is 13.2 Å². The second kappa shape index (κ2) is 4.64. The Morgan fingerprint density at radius 2 is 2.20 bits per heavy atom. The van der Waals surface area contributed by atoms with Gasteiger partial charge in [0.15, 0.2) is 0 Å². The Hall–Kier alpha value is -1.80. The summed E-state index contributed by atoms with van der Waals surface area (Å²) in [6.07, 6.45) is 5.28. The number of hydrogen-bond acceptors (Lipinski definition) is 4. The molecular formula is C12H12N2O4S2. The van der Waals surface area contributed by atoms with E-state index in [0.717, 1.165) is 23.3 Å². The quantitative estimate of drug-likeness (QED) is 0.804. The summed E-state index contributed by atoms with van der Waals surface area (Å²) < 4.78 is 26.7. The molecule has 3 rings (SSSR count). The lowest BCUT2D eigenvalue weighted by atomic mass is 10.1. The number of rotatable bonds is 4. The Kier molecular flexibility index (Phi) is 3.06. The van der Waals surface area contributed by atoms with E-state index >= 15 is 0 Å². The normalized spacial score (nSPS) is 14.2. The number of H-pyrrole nitrogens is 1. The minimum absolute atomic E-state index is 0.0856. The molecule has 0 amide bonds. The van der Waals surface area contributed by atoms with Crippen molar-refractivity contribution in [2.45, 2.75) is 24.2 Å². The number of carbonyl (C=O) groups is 1.